The Morgan fingerprint density at radius 3 is 2.38 bits per heavy atom. The van der Waals surface area contributed by atoms with Crippen LogP contribution in [0.3, 0.4) is 0 Å². The van der Waals surface area contributed by atoms with E-state index in [2.05, 4.69) is 31.9 Å². The highest BCUT2D eigenvalue weighted by atomic mass is 79.9. The van der Waals surface area contributed by atoms with Crippen LogP contribution in [0.2, 0.25) is 5.02 Å². The smallest absolute Gasteiger partial charge is 0.148 e. The van der Waals surface area contributed by atoms with Crippen molar-refractivity contribution in [1.82, 2.24) is 0 Å². The third kappa shape index (κ3) is 4.13. The number of hydrogen-bond acceptors (Lipinski definition) is 3. The highest BCUT2D eigenvalue weighted by Gasteiger charge is 2.11. The quantitative estimate of drug-likeness (QED) is 0.721. The van der Waals surface area contributed by atoms with E-state index in [4.69, 9.17) is 21.1 Å². The first kappa shape index (κ1) is 16.6. The van der Waals surface area contributed by atoms with Gasteiger partial charge in [-0.3, -0.25) is 0 Å². The van der Waals surface area contributed by atoms with Crippen LogP contribution in [0.5, 0.6) is 11.5 Å². The third-order valence-corrected chi connectivity index (χ3v) is 4.27. The number of aliphatic hydroxyl groups excluding tert-OH is 1. The van der Waals surface area contributed by atoms with Crippen LogP contribution < -0.4 is 9.47 Å². The Morgan fingerprint density at radius 2 is 1.81 bits per heavy atom. The molecule has 0 aliphatic carbocycles. The summed E-state index contributed by atoms with van der Waals surface area (Å²) < 4.78 is 12.7. The van der Waals surface area contributed by atoms with Crippen LogP contribution in [0.4, 0.5) is 0 Å². The molecular formula is C15H13Br2ClO3. The Morgan fingerprint density at radius 1 is 1.14 bits per heavy atom. The summed E-state index contributed by atoms with van der Waals surface area (Å²) in [7, 11) is 1.61. The van der Waals surface area contributed by atoms with Crippen molar-refractivity contribution >= 4 is 43.5 Å². The number of methoxy groups -OCH3 is 1. The summed E-state index contributed by atoms with van der Waals surface area (Å²) in [6.45, 7) is 0.291. The predicted octanol–water partition coefficient (Wildman–Crippen LogP) is 4.94. The maximum atomic E-state index is 9.17. The second-order valence-electron chi connectivity index (χ2n) is 4.29. The lowest BCUT2D eigenvalue weighted by Gasteiger charge is -2.14. The first-order valence-corrected chi connectivity index (χ1v) is 8.05. The van der Waals surface area contributed by atoms with Crippen LogP contribution in [0.15, 0.2) is 39.3 Å². The maximum absolute atomic E-state index is 9.17. The molecule has 0 bridgehead atoms. The van der Waals surface area contributed by atoms with E-state index in [9.17, 15) is 5.11 Å². The lowest BCUT2D eigenvalue weighted by atomic mass is 10.2. The molecule has 0 fully saturated rings. The molecule has 0 aliphatic heterocycles. The van der Waals surface area contributed by atoms with E-state index in [1.165, 1.54) is 0 Å². The Balaban J connectivity index is 2.22. The zero-order valence-corrected chi connectivity index (χ0v) is 15.1. The number of rotatable bonds is 5. The van der Waals surface area contributed by atoms with Gasteiger partial charge in [-0.1, -0.05) is 11.6 Å². The molecule has 1 N–H and O–H groups in total. The highest BCUT2D eigenvalue weighted by molar-refractivity contribution is 9.11. The third-order valence-electron chi connectivity index (χ3n) is 2.86. The molecule has 0 radical (unpaired) electrons. The fourth-order valence-corrected chi connectivity index (χ4v) is 3.56. The lowest BCUT2D eigenvalue weighted by Crippen LogP contribution is -2.00. The minimum Gasteiger partial charge on any atom is -0.496 e. The molecule has 0 unspecified atom stereocenters. The zero-order valence-electron chi connectivity index (χ0n) is 11.2. The van der Waals surface area contributed by atoms with Crippen molar-refractivity contribution in [2.24, 2.45) is 0 Å². The van der Waals surface area contributed by atoms with Gasteiger partial charge >= 0.3 is 0 Å². The molecule has 0 saturated heterocycles. The number of benzene rings is 2. The molecule has 0 spiro atoms. The molecule has 0 aromatic heterocycles. The van der Waals surface area contributed by atoms with Crippen LogP contribution in [0.25, 0.3) is 0 Å². The summed E-state index contributed by atoms with van der Waals surface area (Å²) in [4.78, 5) is 0. The van der Waals surface area contributed by atoms with Crippen molar-refractivity contribution in [2.45, 2.75) is 13.2 Å². The van der Waals surface area contributed by atoms with Gasteiger partial charge in [-0.15, -0.1) is 0 Å². The average Bonchev–Trinajstić information content (AvgIpc) is 2.46. The van der Waals surface area contributed by atoms with E-state index in [1.807, 2.05) is 18.2 Å². The minimum atomic E-state index is -0.0282. The molecule has 21 heavy (non-hydrogen) atoms. The zero-order chi connectivity index (χ0) is 15.4. The number of halogens is 3. The van der Waals surface area contributed by atoms with E-state index >= 15 is 0 Å². The molecule has 0 saturated carbocycles. The molecule has 3 nitrogen and oxygen atoms in total. The van der Waals surface area contributed by atoms with Crippen LogP contribution in [0, 0.1) is 0 Å². The fraction of sp³-hybridized carbons (Fsp3) is 0.200. The lowest BCUT2D eigenvalue weighted by molar-refractivity contribution is 0.279. The van der Waals surface area contributed by atoms with Crippen LogP contribution >= 0.6 is 43.5 Å². The summed E-state index contributed by atoms with van der Waals surface area (Å²) in [6, 6.07) is 9.01. The summed E-state index contributed by atoms with van der Waals surface area (Å²) in [6.07, 6.45) is 0. The molecular weight excluding hydrogens is 423 g/mol. The second kappa shape index (κ2) is 7.49. The predicted molar refractivity (Wildman–Crippen MR) is 90.1 cm³/mol. The Bertz CT molecular complexity index is 624. The van der Waals surface area contributed by atoms with Gasteiger partial charge in [-0.2, -0.15) is 0 Å². The fourth-order valence-electron chi connectivity index (χ4n) is 1.85. The standard InChI is InChI=1S/C15H13Br2ClO3/c1-20-14-3-2-11(18)6-10(14)8-21-15-12(16)4-9(7-19)5-13(15)17/h2-6,19H,7-8H2,1H3. The van der Waals surface area contributed by atoms with Gasteiger partial charge in [0.25, 0.3) is 0 Å². The van der Waals surface area contributed by atoms with Crippen molar-refractivity contribution in [2.75, 3.05) is 7.11 Å². The van der Waals surface area contributed by atoms with Crippen molar-refractivity contribution in [3.05, 3.63) is 55.4 Å². The van der Waals surface area contributed by atoms with Gasteiger partial charge in [0.15, 0.2) is 0 Å². The Hall–Kier alpha value is -0.750. The molecule has 2 aromatic carbocycles. The van der Waals surface area contributed by atoms with Crippen molar-refractivity contribution < 1.29 is 14.6 Å². The molecule has 2 rings (SSSR count). The van der Waals surface area contributed by atoms with Gasteiger partial charge in [-0.05, 0) is 67.8 Å². The molecule has 6 heteroatoms. The normalized spacial score (nSPS) is 10.5. The molecule has 0 amide bonds. The van der Waals surface area contributed by atoms with Gasteiger partial charge in [0.1, 0.15) is 18.1 Å². The van der Waals surface area contributed by atoms with Gasteiger partial charge in [0.2, 0.25) is 0 Å². The summed E-state index contributed by atoms with van der Waals surface area (Å²) in [5, 5.41) is 9.80. The SMILES string of the molecule is COc1ccc(Cl)cc1COc1c(Br)cc(CO)cc1Br. The number of ether oxygens (including phenoxy) is 2. The van der Waals surface area contributed by atoms with Gasteiger partial charge < -0.3 is 14.6 Å². The summed E-state index contributed by atoms with van der Waals surface area (Å²) in [5.41, 5.74) is 1.65. The topological polar surface area (TPSA) is 38.7 Å². The van der Waals surface area contributed by atoms with Crippen LogP contribution in [-0.2, 0) is 13.2 Å². The van der Waals surface area contributed by atoms with E-state index in [0.29, 0.717) is 17.4 Å². The molecule has 0 aliphatic rings. The minimum absolute atomic E-state index is 0.0282. The molecule has 0 atom stereocenters. The Labute approximate surface area is 145 Å². The molecule has 2 aromatic rings. The van der Waals surface area contributed by atoms with E-state index in [1.54, 1.807) is 19.2 Å². The maximum Gasteiger partial charge on any atom is 0.148 e. The first-order chi connectivity index (χ1) is 10.0. The van der Waals surface area contributed by atoms with Crippen LogP contribution in [0.1, 0.15) is 11.1 Å². The Kier molecular flexibility index (Phi) is 5.93. The average molecular weight is 437 g/mol. The van der Waals surface area contributed by atoms with Crippen molar-refractivity contribution in [3.8, 4) is 11.5 Å². The van der Waals surface area contributed by atoms with Gasteiger partial charge in [0.05, 0.1) is 22.7 Å². The number of aliphatic hydroxyl groups is 1. The second-order valence-corrected chi connectivity index (χ2v) is 6.44. The van der Waals surface area contributed by atoms with Crippen molar-refractivity contribution in [3.63, 3.8) is 0 Å². The summed E-state index contributed by atoms with van der Waals surface area (Å²) >= 11 is 12.9. The first-order valence-electron chi connectivity index (χ1n) is 6.09. The van der Waals surface area contributed by atoms with Crippen LogP contribution in [-0.4, -0.2) is 12.2 Å². The highest BCUT2D eigenvalue weighted by Crippen LogP contribution is 2.36. The van der Waals surface area contributed by atoms with E-state index in [-0.39, 0.29) is 6.61 Å². The number of hydrogen-bond donors (Lipinski definition) is 1. The van der Waals surface area contributed by atoms with Crippen molar-refractivity contribution in [1.29, 1.82) is 0 Å². The van der Waals surface area contributed by atoms with Gasteiger partial charge in [0, 0.05) is 10.6 Å². The molecule has 0 heterocycles. The largest absolute Gasteiger partial charge is 0.496 e. The van der Waals surface area contributed by atoms with E-state index < -0.39 is 0 Å². The summed E-state index contributed by atoms with van der Waals surface area (Å²) in [5.74, 6) is 1.38. The monoisotopic (exact) mass is 434 g/mol. The molecule has 112 valence electrons. The van der Waals surface area contributed by atoms with E-state index in [0.717, 1.165) is 25.8 Å². The van der Waals surface area contributed by atoms with Gasteiger partial charge in [-0.25, -0.2) is 0 Å².